The molecule has 0 unspecified atom stereocenters. The van der Waals surface area contributed by atoms with Crippen LogP contribution in [0.25, 0.3) is 0 Å². The molecule has 0 radical (unpaired) electrons. The SMILES string of the molecule is CC(=O)N1CCC2(CC1)Oc1ccccc1[C@H]1CC(c3ccc(Cl)c(Cl)c3)=NN12. The molecule has 5 nitrogen and oxygen atoms in total. The number of hydrazone groups is 1. The molecular formula is C22H21Cl2N3O2. The molecule has 150 valence electrons. The Morgan fingerprint density at radius 3 is 2.62 bits per heavy atom. The van der Waals surface area contributed by atoms with E-state index >= 15 is 0 Å². The van der Waals surface area contributed by atoms with Gasteiger partial charge in [0.15, 0.2) is 0 Å². The average molecular weight is 430 g/mol. The van der Waals surface area contributed by atoms with Crippen LogP contribution in [-0.4, -0.2) is 40.3 Å². The summed E-state index contributed by atoms with van der Waals surface area (Å²) in [6.45, 7) is 2.95. The van der Waals surface area contributed by atoms with Crippen LogP contribution in [0.2, 0.25) is 10.0 Å². The molecule has 2 aromatic carbocycles. The van der Waals surface area contributed by atoms with E-state index in [-0.39, 0.29) is 11.9 Å². The third-order valence-electron chi connectivity index (χ3n) is 6.15. The first-order valence-corrected chi connectivity index (χ1v) is 10.6. The van der Waals surface area contributed by atoms with E-state index in [9.17, 15) is 4.79 Å². The van der Waals surface area contributed by atoms with E-state index in [1.807, 2.05) is 41.3 Å². The first-order chi connectivity index (χ1) is 14.0. The number of ether oxygens (including phenoxy) is 1. The van der Waals surface area contributed by atoms with Crippen molar-refractivity contribution in [1.29, 1.82) is 0 Å². The second kappa shape index (κ2) is 6.92. The van der Waals surface area contributed by atoms with Gasteiger partial charge in [0.2, 0.25) is 11.6 Å². The maximum atomic E-state index is 11.8. The molecule has 1 saturated heterocycles. The summed E-state index contributed by atoms with van der Waals surface area (Å²) in [5.41, 5.74) is 2.55. The van der Waals surface area contributed by atoms with Crippen LogP contribution in [0.4, 0.5) is 0 Å². The predicted octanol–water partition coefficient (Wildman–Crippen LogP) is 4.88. The molecule has 0 N–H and O–H groups in total. The largest absolute Gasteiger partial charge is 0.466 e. The van der Waals surface area contributed by atoms with Gasteiger partial charge in [0, 0.05) is 44.8 Å². The summed E-state index contributed by atoms with van der Waals surface area (Å²) >= 11 is 12.3. The van der Waals surface area contributed by atoms with Crippen LogP contribution in [0.1, 0.15) is 43.4 Å². The fourth-order valence-corrected chi connectivity index (χ4v) is 4.88. The summed E-state index contributed by atoms with van der Waals surface area (Å²) in [6.07, 6.45) is 2.21. The summed E-state index contributed by atoms with van der Waals surface area (Å²) in [5, 5.41) is 8.21. The van der Waals surface area contributed by atoms with Crippen LogP contribution >= 0.6 is 23.2 Å². The number of nitrogens with zero attached hydrogens (tertiary/aromatic N) is 3. The normalized spacial score (nSPS) is 22.0. The second-order valence-corrected chi connectivity index (χ2v) is 8.65. The monoisotopic (exact) mass is 429 g/mol. The maximum absolute atomic E-state index is 11.8. The fourth-order valence-electron chi connectivity index (χ4n) is 4.58. The van der Waals surface area contributed by atoms with Crippen LogP contribution in [-0.2, 0) is 4.79 Å². The highest BCUT2D eigenvalue weighted by Crippen LogP contribution is 2.50. The van der Waals surface area contributed by atoms with Gasteiger partial charge in [0.25, 0.3) is 0 Å². The van der Waals surface area contributed by atoms with E-state index in [1.54, 1.807) is 6.92 Å². The lowest BCUT2D eigenvalue weighted by atomic mass is 9.90. The van der Waals surface area contributed by atoms with Crippen molar-refractivity contribution in [3.63, 3.8) is 0 Å². The molecule has 29 heavy (non-hydrogen) atoms. The van der Waals surface area contributed by atoms with E-state index in [2.05, 4.69) is 11.1 Å². The van der Waals surface area contributed by atoms with E-state index in [1.165, 1.54) is 0 Å². The number of carbonyl (C=O) groups excluding carboxylic acids is 1. The molecule has 0 bridgehead atoms. The number of hydrogen-bond donors (Lipinski definition) is 0. The summed E-state index contributed by atoms with van der Waals surface area (Å²) in [6, 6.07) is 13.9. The number of likely N-dealkylation sites (tertiary alicyclic amines) is 1. The Morgan fingerprint density at radius 1 is 1.14 bits per heavy atom. The highest BCUT2D eigenvalue weighted by Gasteiger charge is 2.52. The minimum absolute atomic E-state index is 0.105. The molecule has 0 saturated carbocycles. The van der Waals surface area contributed by atoms with Crippen LogP contribution in [0.3, 0.4) is 0 Å². The molecule has 3 aliphatic heterocycles. The van der Waals surface area contributed by atoms with Crippen molar-refractivity contribution < 1.29 is 9.53 Å². The number of hydrogen-bond acceptors (Lipinski definition) is 4. The molecule has 1 fully saturated rings. The fraction of sp³-hybridized carbons (Fsp3) is 0.364. The zero-order chi connectivity index (χ0) is 20.2. The van der Waals surface area contributed by atoms with Crippen molar-refractivity contribution >= 4 is 34.8 Å². The molecule has 3 aliphatic rings. The number of fused-ring (bicyclic) bond motifs is 4. The number of benzene rings is 2. The number of para-hydroxylation sites is 1. The number of piperidine rings is 1. The number of amides is 1. The third kappa shape index (κ3) is 3.08. The summed E-state index contributed by atoms with van der Waals surface area (Å²) in [4.78, 5) is 13.7. The van der Waals surface area contributed by atoms with Crippen LogP contribution in [0, 0.1) is 0 Å². The Kier molecular flexibility index (Phi) is 4.48. The zero-order valence-corrected chi connectivity index (χ0v) is 17.6. The average Bonchev–Trinajstić information content (AvgIpc) is 3.17. The molecule has 3 heterocycles. The Bertz CT molecular complexity index is 1010. The van der Waals surface area contributed by atoms with E-state index in [4.69, 9.17) is 33.0 Å². The van der Waals surface area contributed by atoms with Gasteiger partial charge >= 0.3 is 0 Å². The molecule has 0 aliphatic carbocycles. The van der Waals surface area contributed by atoms with Crippen LogP contribution in [0.15, 0.2) is 47.6 Å². The van der Waals surface area contributed by atoms with Crippen molar-refractivity contribution in [3.05, 3.63) is 63.6 Å². The van der Waals surface area contributed by atoms with Gasteiger partial charge < -0.3 is 9.64 Å². The van der Waals surface area contributed by atoms with Gasteiger partial charge in [0.1, 0.15) is 5.75 Å². The van der Waals surface area contributed by atoms with Crippen molar-refractivity contribution in [1.82, 2.24) is 9.91 Å². The molecule has 1 amide bonds. The van der Waals surface area contributed by atoms with Crippen molar-refractivity contribution in [2.24, 2.45) is 5.10 Å². The minimum atomic E-state index is -0.539. The smallest absolute Gasteiger partial charge is 0.219 e. The molecule has 0 aromatic heterocycles. The molecule has 7 heteroatoms. The van der Waals surface area contributed by atoms with E-state index < -0.39 is 5.72 Å². The van der Waals surface area contributed by atoms with Gasteiger partial charge in [-0.3, -0.25) is 4.79 Å². The lowest BCUT2D eigenvalue weighted by Gasteiger charge is -2.51. The molecular weight excluding hydrogens is 409 g/mol. The van der Waals surface area contributed by atoms with Crippen molar-refractivity contribution in [2.45, 2.75) is 38.0 Å². The van der Waals surface area contributed by atoms with Gasteiger partial charge in [-0.2, -0.15) is 5.10 Å². The highest BCUT2D eigenvalue weighted by molar-refractivity contribution is 6.42. The standard InChI is InChI=1S/C22H21Cl2N3O2/c1-14(28)26-10-8-22(9-11-26)27-20(16-4-2-3-5-21(16)29-22)13-19(25-27)15-6-7-17(23)18(24)12-15/h2-7,12,20H,8-11,13H2,1H3/t20-/m1/s1. The van der Waals surface area contributed by atoms with E-state index in [0.717, 1.165) is 41.9 Å². The minimum Gasteiger partial charge on any atom is -0.466 e. The predicted molar refractivity (Wildman–Crippen MR) is 113 cm³/mol. The Morgan fingerprint density at radius 2 is 1.90 bits per heavy atom. The van der Waals surface area contributed by atoms with Crippen LogP contribution in [0.5, 0.6) is 5.75 Å². The van der Waals surface area contributed by atoms with Gasteiger partial charge in [-0.25, -0.2) is 5.01 Å². The quantitative estimate of drug-likeness (QED) is 0.648. The summed E-state index contributed by atoms with van der Waals surface area (Å²) in [7, 11) is 0. The summed E-state index contributed by atoms with van der Waals surface area (Å²) < 4.78 is 6.56. The lowest BCUT2D eigenvalue weighted by molar-refractivity contribution is -0.158. The summed E-state index contributed by atoms with van der Waals surface area (Å²) in [5.74, 6) is 1.02. The first kappa shape index (κ1) is 18.8. The van der Waals surface area contributed by atoms with Crippen molar-refractivity contribution in [2.75, 3.05) is 13.1 Å². The Balaban J connectivity index is 1.54. The van der Waals surface area contributed by atoms with Crippen LogP contribution < -0.4 is 4.74 Å². The molecule has 1 spiro atoms. The van der Waals surface area contributed by atoms with Gasteiger partial charge in [-0.1, -0.05) is 47.5 Å². The Labute approximate surface area is 179 Å². The number of carbonyl (C=O) groups is 1. The lowest BCUT2D eigenvalue weighted by Crippen LogP contribution is -2.59. The molecule has 1 atom stereocenters. The van der Waals surface area contributed by atoms with E-state index in [0.29, 0.717) is 23.1 Å². The second-order valence-electron chi connectivity index (χ2n) is 7.83. The topological polar surface area (TPSA) is 45.1 Å². The highest BCUT2D eigenvalue weighted by atomic mass is 35.5. The molecule has 5 rings (SSSR count). The molecule has 2 aromatic rings. The zero-order valence-electron chi connectivity index (χ0n) is 16.1. The number of halogens is 2. The third-order valence-corrected chi connectivity index (χ3v) is 6.89. The first-order valence-electron chi connectivity index (χ1n) is 9.82. The van der Waals surface area contributed by atoms with Gasteiger partial charge in [-0.05, 0) is 23.8 Å². The number of rotatable bonds is 1. The van der Waals surface area contributed by atoms with Gasteiger partial charge in [0.05, 0.1) is 21.8 Å². The Hall–Kier alpha value is -2.24. The van der Waals surface area contributed by atoms with Crippen molar-refractivity contribution in [3.8, 4) is 5.75 Å². The van der Waals surface area contributed by atoms with Gasteiger partial charge in [-0.15, -0.1) is 0 Å². The maximum Gasteiger partial charge on any atom is 0.219 e.